The van der Waals surface area contributed by atoms with Gasteiger partial charge in [-0.1, -0.05) is 64.8 Å². The predicted molar refractivity (Wildman–Crippen MR) is 101 cm³/mol. The summed E-state index contributed by atoms with van der Waals surface area (Å²) in [4.78, 5) is 0. The molecule has 2 fully saturated rings. The average molecular weight is 313 g/mol. The first-order chi connectivity index (χ1) is 10.7. The number of rotatable bonds is 0. The molecule has 23 heavy (non-hydrogen) atoms. The van der Waals surface area contributed by atoms with Crippen molar-refractivity contribution in [2.45, 2.75) is 80.1 Å². The van der Waals surface area contributed by atoms with Gasteiger partial charge in [-0.05, 0) is 73.3 Å². The zero-order chi connectivity index (χ0) is 17.0. The SMILES string of the molecule is C=C1C2=CC[C@@H](C)CCC/C(C)=C3/CC[C@](C)([C@@H](C)[C@@H]2C)[C@]13C. The van der Waals surface area contributed by atoms with E-state index in [2.05, 4.69) is 47.6 Å². The zero-order valence-electron chi connectivity index (χ0n) is 16.3. The van der Waals surface area contributed by atoms with Crippen molar-refractivity contribution in [3.63, 3.8) is 0 Å². The van der Waals surface area contributed by atoms with Crippen LogP contribution < -0.4 is 0 Å². The first-order valence-corrected chi connectivity index (χ1v) is 9.82. The van der Waals surface area contributed by atoms with E-state index >= 15 is 0 Å². The summed E-state index contributed by atoms with van der Waals surface area (Å²) < 4.78 is 0. The Hall–Kier alpha value is -0.780. The van der Waals surface area contributed by atoms with Crippen molar-refractivity contribution in [2.24, 2.45) is 28.6 Å². The van der Waals surface area contributed by atoms with E-state index in [1.165, 1.54) is 44.1 Å². The summed E-state index contributed by atoms with van der Waals surface area (Å²) in [6, 6.07) is 0. The highest BCUT2D eigenvalue weighted by atomic mass is 14.6. The largest absolute Gasteiger partial charge is 0.0947 e. The van der Waals surface area contributed by atoms with Crippen molar-refractivity contribution in [1.29, 1.82) is 0 Å². The summed E-state index contributed by atoms with van der Waals surface area (Å²) in [5.74, 6) is 2.17. The van der Waals surface area contributed by atoms with Crippen LogP contribution in [0.25, 0.3) is 0 Å². The summed E-state index contributed by atoms with van der Waals surface area (Å²) in [6.07, 6.45) is 10.4. The molecule has 128 valence electrons. The molecule has 0 aromatic heterocycles. The lowest BCUT2D eigenvalue weighted by Gasteiger charge is -2.55. The molecule has 0 radical (unpaired) electrons. The lowest BCUT2D eigenvalue weighted by molar-refractivity contribution is 0.0506. The van der Waals surface area contributed by atoms with E-state index in [4.69, 9.17) is 6.58 Å². The van der Waals surface area contributed by atoms with E-state index in [-0.39, 0.29) is 5.41 Å². The maximum absolute atomic E-state index is 4.70. The van der Waals surface area contributed by atoms with Gasteiger partial charge in [-0.3, -0.25) is 0 Å². The molecule has 3 aliphatic rings. The summed E-state index contributed by atoms with van der Waals surface area (Å²) in [6.45, 7) is 19.6. The molecule has 0 amide bonds. The predicted octanol–water partition coefficient (Wildman–Crippen LogP) is 7.09. The van der Waals surface area contributed by atoms with Crippen LogP contribution in [0, 0.1) is 28.6 Å². The second kappa shape index (κ2) is 5.64. The molecule has 5 atom stereocenters. The number of fused-ring (bicyclic) bond motifs is 1. The third-order valence-electron chi connectivity index (χ3n) is 8.34. The van der Waals surface area contributed by atoms with Crippen LogP contribution >= 0.6 is 0 Å². The van der Waals surface area contributed by atoms with Crippen LogP contribution in [-0.2, 0) is 0 Å². The molecule has 0 heteroatoms. The van der Waals surface area contributed by atoms with Gasteiger partial charge in [0.05, 0.1) is 0 Å². The molecule has 0 nitrogen and oxygen atoms in total. The van der Waals surface area contributed by atoms with Crippen LogP contribution in [0.2, 0.25) is 0 Å². The van der Waals surface area contributed by atoms with Crippen LogP contribution in [0.15, 0.2) is 34.9 Å². The normalized spacial score (nSPS) is 48.0. The van der Waals surface area contributed by atoms with Gasteiger partial charge in [-0.2, -0.15) is 0 Å². The fraction of sp³-hybridized carbons (Fsp3) is 0.739. The van der Waals surface area contributed by atoms with E-state index in [1.54, 1.807) is 16.7 Å². The Labute approximate surface area is 144 Å². The highest BCUT2D eigenvalue weighted by molar-refractivity contribution is 5.51. The molecule has 0 spiro atoms. The topological polar surface area (TPSA) is 0 Å². The lowest BCUT2D eigenvalue weighted by Crippen LogP contribution is -2.48. The summed E-state index contributed by atoms with van der Waals surface area (Å²) in [5, 5.41) is 0. The van der Waals surface area contributed by atoms with Crippen molar-refractivity contribution in [3.8, 4) is 0 Å². The molecule has 3 rings (SSSR count). The summed E-state index contributed by atoms with van der Waals surface area (Å²) in [5.41, 5.74) is 7.00. The zero-order valence-corrected chi connectivity index (χ0v) is 16.3. The minimum atomic E-state index is 0.183. The van der Waals surface area contributed by atoms with Crippen LogP contribution in [0.1, 0.15) is 80.1 Å². The molecule has 2 saturated carbocycles. The van der Waals surface area contributed by atoms with Crippen molar-refractivity contribution < 1.29 is 0 Å². The molecular formula is C23H36. The van der Waals surface area contributed by atoms with Gasteiger partial charge in [-0.25, -0.2) is 0 Å². The highest BCUT2D eigenvalue weighted by Crippen LogP contribution is 2.69. The summed E-state index contributed by atoms with van der Waals surface area (Å²) >= 11 is 0. The summed E-state index contributed by atoms with van der Waals surface area (Å²) in [7, 11) is 0. The molecule has 0 aromatic rings. The van der Waals surface area contributed by atoms with E-state index in [1.807, 2.05) is 0 Å². The van der Waals surface area contributed by atoms with E-state index < -0.39 is 0 Å². The molecule has 0 aromatic carbocycles. The smallest absolute Gasteiger partial charge is 0.0189 e. The quantitative estimate of drug-likeness (QED) is 0.419. The van der Waals surface area contributed by atoms with Crippen molar-refractivity contribution in [2.75, 3.05) is 0 Å². The Bertz CT molecular complexity index is 575. The first-order valence-electron chi connectivity index (χ1n) is 9.82. The Morgan fingerprint density at radius 2 is 1.83 bits per heavy atom. The van der Waals surface area contributed by atoms with Gasteiger partial charge < -0.3 is 0 Å². The van der Waals surface area contributed by atoms with Gasteiger partial charge in [0.2, 0.25) is 0 Å². The Morgan fingerprint density at radius 3 is 2.52 bits per heavy atom. The van der Waals surface area contributed by atoms with E-state index in [0.717, 1.165) is 11.8 Å². The highest BCUT2D eigenvalue weighted by Gasteiger charge is 2.60. The van der Waals surface area contributed by atoms with Crippen molar-refractivity contribution in [3.05, 3.63) is 34.9 Å². The lowest BCUT2D eigenvalue weighted by atomic mass is 9.48. The Morgan fingerprint density at radius 1 is 1.13 bits per heavy atom. The molecule has 0 aliphatic heterocycles. The van der Waals surface area contributed by atoms with Crippen molar-refractivity contribution in [1.82, 2.24) is 0 Å². The number of hydrogen-bond acceptors (Lipinski definition) is 0. The maximum atomic E-state index is 4.70. The molecular weight excluding hydrogens is 276 g/mol. The second-order valence-corrected chi connectivity index (χ2v) is 9.25. The van der Waals surface area contributed by atoms with Gasteiger partial charge in [0.1, 0.15) is 0 Å². The van der Waals surface area contributed by atoms with E-state index in [0.29, 0.717) is 11.3 Å². The minimum absolute atomic E-state index is 0.183. The monoisotopic (exact) mass is 312 g/mol. The molecule has 2 bridgehead atoms. The fourth-order valence-corrected chi connectivity index (χ4v) is 6.09. The van der Waals surface area contributed by atoms with Gasteiger partial charge in [0.25, 0.3) is 0 Å². The number of allylic oxidation sites excluding steroid dienone is 5. The van der Waals surface area contributed by atoms with Crippen LogP contribution in [0.5, 0.6) is 0 Å². The first kappa shape index (κ1) is 17.1. The molecule has 3 aliphatic carbocycles. The third-order valence-corrected chi connectivity index (χ3v) is 8.34. The molecule has 0 N–H and O–H groups in total. The van der Waals surface area contributed by atoms with Crippen LogP contribution in [0.4, 0.5) is 0 Å². The minimum Gasteiger partial charge on any atom is -0.0947 e. The average Bonchev–Trinajstić information content (AvgIpc) is 2.78. The standard InChI is InChI=1S/C23H36/c1-15-9-8-10-16(2)21-13-14-22(6)18(4)17(3)20(12-11-15)19(5)23(21,22)7/h12,15,17-18H,5,8-11,13-14H2,1-4,6-7H3/b20-12?,21-16-/t15-,17-,18-,22+,23+/m0/s1. The Balaban J connectivity index is 2.21. The third kappa shape index (κ3) is 2.24. The van der Waals surface area contributed by atoms with Crippen LogP contribution in [-0.4, -0.2) is 0 Å². The van der Waals surface area contributed by atoms with Gasteiger partial charge >= 0.3 is 0 Å². The van der Waals surface area contributed by atoms with Crippen molar-refractivity contribution >= 4 is 0 Å². The van der Waals surface area contributed by atoms with Gasteiger partial charge in [0.15, 0.2) is 0 Å². The molecule has 0 heterocycles. The number of hydrogen-bond donors (Lipinski definition) is 0. The molecule has 0 unspecified atom stereocenters. The fourth-order valence-electron chi connectivity index (χ4n) is 6.09. The molecule has 0 saturated heterocycles. The van der Waals surface area contributed by atoms with Gasteiger partial charge in [0, 0.05) is 5.41 Å². The maximum Gasteiger partial charge on any atom is 0.0189 e. The Kier molecular flexibility index (Phi) is 4.18. The second-order valence-electron chi connectivity index (χ2n) is 9.25. The van der Waals surface area contributed by atoms with E-state index in [9.17, 15) is 0 Å². The van der Waals surface area contributed by atoms with Crippen LogP contribution in [0.3, 0.4) is 0 Å². The van der Waals surface area contributed by atoms with Gasteiger partial charge in [-0.15, -0.1) is 0 Å².